The van der Waals surface area contributed by atoms with Crippen molar-refractivity contribution in [3.8, 4) is 0 Å². The lowest BCUT2D eigenvalue weighted by Crippen LogP contribution is -2.52. The van der Waals surface area contributed by atoms with Crippen LogP contribution >= 0.6 is 11.3 Å². The largest absolute Gasteiger partial charge is 0.315 e. The van der Waals surface area contributed by atoms with Crippen molar-refractivity contribution < 1.29 is 8.42 Å². The average Bonchev–Trinajstić information content (AvgIpc) is 2.78. The van der Waals surface area contributed by atoms with Crippen LogP contribution in [0.5, 0.6) is 0 Å². The summed E-state index contributed by atoms with van der Waals surface area (Å²) in [5, 5.41) is 4.78. The van der Waals surface area contributed by atoms with Gasteiger partial charge in [0.25, 0.3) is 0 Å². The van der Waals surface area contributed by atoms with E-state index in [9.17, 15) is 8.42 Å². The van der Waals surface area contributed by atoms with Crippen LogP contribution in [0.25, 0.3) is 0 Å². The number of nitrogens with zero attached hydrogens (tertiary/aromatic N) is 2. The molecule has 1 atom stereocenters. The van der Waals surface area contributed by atoms with Gasteiger partial charge in [0.15, 0.2) is 0 Å². The maximum atomic E-state index is 12.6. The highest BCUT2D eigenvalue weighted by molar-refractivity contribution is 7.89. The minimum Gasteiger partial charge on any atom is -0.315 e. The van der Waals surface area contributed by atoms with Crippen molar-refractivity contribution in [2.24, 2.45) is 0 Å². The van der Waals surface area contributed by atoms with Gasteiger partial charge in [0.05, 0.1) is 4.90 Å². The fourth-order valence-corrected chi connectivity index (χ4v) is 5.27. The van der Waals surface area contributed by atoms with E-state index in [1.54, 1.807) is 15.8 Å². The molecule has 0 aromatic carbocycles. The minimum atomic E-state index is -3.34. The van der Waals surface area contributed by atoms with E-state index in [2.05, 4.69) is 10.2 Å². The van der Waals surface area contributed by atoms with Crippen LogP contribution in [0.2, 0.25) is 0 Å². The van der Waals surface area contributed by atoms with Crippen molar-refractivity contribution >= 4 is 21.4 Å². The predicted octanol–water partition coefficient (Wildman–Crippen LogP) is 0.792. The number of sulfonamides is 1. The topological polar surface area (TPSA) is 52.7 Å². The molecule has 0 spiro atoms. The number of nitrogens with one attached hydrogen (secondary N) is 1. The third-order valence-corrected chi connectivity index (χ3v) is 6.43. The monoisotopic (exact) mass is 303 g/mol. The lowest BCUT2D eigenvalue weighted by Gasteiger charge is -2.36. The Morgan fingerprint density at radius 1 is 1.47 bits per heavy atom. The Bertz CT molecular complexity index is 527. The van der Waals surface area contributed by atoms with Crippen molar-refractivity contribution in [2.45, 2.75) is 24.4 Å². The SMILES string of the molecule is CNCc1cc(S(=O)(=O)N2CCN(C)CC2C)cs1. The van der Waals surface area contributed by atoms with E-state index >= 15 is 0 Å². The van der Waals surface area contributed by atoms with Gasteiger partial charge >= 0.3 is 0 Å². The van der Waals surface area contributed by atoms with E-state index in [4.69, 9.17) is 0 Å². The van der Waals surface area contributed by atoms with Crippen LogP contribution in [0, 0.1) is 0 Å². The third kappa shape index (κ3) is 3.17. The maximum Gasteiger partial charge on any atom is 0.244 e. The zero-order valence-electron chi connectivity index (χ0n) is 11.6. The van der Waals surface area contributed by atoms with Gasteiger partial charge in [-0.2, -0.15) is 4.31 Å². The van der Waals surface area contributed by atoms with E-state index in [0.29, 0.717) is 18.0 Å². The summed E-state index contributed by atoms with van der Waals surface area (Å²) in [6, 6.07) is 1.80. The maximum absolute atomic E-state index is 12.6. The zero-order chi connectivity index (χ0) is 14.0. The molecule has 1 unspecified atom stereocenters. The summed E-state index contributed by atoms with van der Waals surface area (Å²) in [6.07, 6.45) is 0. The summed E-state index contributed by atoms with van der Waals surface area (Å²) in [5.41, 5.74) is 0. The number of hydrogen-bond acceptors (Lipinski definition) is 5. The molecule has 108 valence electrons. The Kier molecular flexibility index (Phi) is 4.62. The summed E-state index contributed by atoms with van der Waals surface area (Å²) < 4.78 is 26.9. The smallest absolute Gasteiger partial charge is 0.244 e. The molecule has 1 aromatic heterocycles. The Morgan fingerprint density at radius 2 is 2.21 bits per heavy atom. The molecule has 1 N–H and O–H groups in total. The van der Waals surface area contributed by atoms with Gasteiger partial charge in [-0.3, -0.25) is 0 Å². The van der Waals surface area contributed by atoms with Gasteiger partial charge in [-0.05, 0) is 27.1 Å². The summed E-state index contributed by atoms with van der Waals surface area (Å²) in [6.45, 7) is 4.81. The lowest BCUT2D eigenvalue weighted by atomic mass is 10.2. The van der Waals surface area contributed by atoms with Crippen LogP contribution in [0.4, 0.5) is 0 Å². The molecule has 5 nitrogen and oxygen atoms in total. The van der Waals surface area contributed by atoms with Crippen molar-refractivity contribution in [3.05, 3.63) is 16.3 Å². The molecule has 2 heterocycles. The van der Waals surface area contributed by atoms with Crippen LogP contribution in [0.1, 0.15) is 11.8 Å². The molecule has 0 aliphatic carbocycles. The molecule has 0 saturated carbocycles. The first kappa shape index (κ1) is 14.9. The van der Waals surface area contributed by atoms with E-state index in [1.807, 2.05) is 21.0 Å². The van der Waals surface area contributed by atoms with Crippen LogP contribution in [-0.4, -0.2) is 57.4 Å². The second kappa shape index (κ2) is 5.88. The van der Waals surface area contributed by atoms with Gasteiger partial charge in [0.2, 0.25) is 10.0 Å². The standard InChI is InChI=1S/C12H21N3O2S2/c1-10-8-14(3)4-5-15(10)19(16,17)12-6-11(7-13-2)18-9-12/h6,9-10,13H,4-5,7-8H2,1-3H3. The first-order valence-electron chi connectivity index (χ1n) is 6.37. The molecule has 2 rings (SSSR count). The van der Waals surface area contributed by atoms with Gasteiger partial charge in [-0.1, -0.05) is 0 Å². The van der Waals surface area contributed by atoms with Crippen molar-refractivity contribution in [1.29, 1.82) is 0 Å². The minimum absolute atomic E-state index is 0.0244. The Morgan fingerprint density at radius 3 is 2.84 bits per heavy atom. The number of rotatable bonds is 4. The van der Waals surface area contributed by atoms with Crippen LogP contribution in [0.3, 0.4) is 0 Å². The zero-order valence-corrected chi connectivity index (χ0v) is 13.2. The second-order valence-electron chi connectivity index (χ2n) is 5.01. The molecule has 7 heteroatoms. The van der Waals surface area contributed by atoms with E-state index < -0.39 is 10.0 Å². The molecule has 0 radical (unpaired) electrons. The highest BCUT2D eigenvalue weighted by atomic mass is 32.2. The fraction of sp³-hybridized carbons (Fsp3) is 0.667. The van der Waals surface area contributed by atoms with Gasteiger partial charge in [0, 0.05) is 42.5 Å². The molecule has 0 bridgehead atoms. The molecule has 1 aliphatic rings. The van der Waals surface area contributed by atoms with E-state index in [0.717, 1.165) is 18.0 Å². The van der Waals surface area contributed by atoms with Gasteiger partial charge < -0.3 is 10.2 Å². The number of piperazine rings is 1. The third-order valence-electron chi connectivity index (χ3n) is 3.36. The molecule has 1 fully saturated rings. The van der Waals surface area contributed by atoms with Crippen LogP contribution in [-0.2, 0) is 16.6 Å². The van der Waals surface area contributed by atoms with E-state index in [-0.39, 0.29) is 6.04 Å². The van der Waals surface area contributed by atoms with Gasteiger partial charge in [0.1, 0.15) is 0 Å². The average molecular weight is 303 g/mol. The van der Waals surface area contributed by atoms with Crippen molar-refractivity contribution in [3.63, 3.8) is 0 Å². The second-order valence-corrected chi connectivity index (χ2v) is 7.89. The first-order valence-corrected chi connectivity index (χ1v) is 8.69. The molecule has 19 heavy (non-hydrogen) atoms. The molecule has 1 aliphatic heterocycles. The summed E-state index contributed by atoms with van der Waals surface area (Å²) in [4.78, 5) is 3.64. The molecular formula is C12H21N3O2S2. The lowest BCUT2D eigenvalue weighted by molar-refractivity contribution is 0.170. The predicted molar refractivity (Wildman–Crippen MR) is 77.9 cm³/mol. The van der Waals surface area contributed by atoms with Crippen LogP contribution < -0.4 is 5.32 Å². The Labute approximate surface area is 119 Å². The van der Waals surface area contributed by atoms with Crippen LogP contribution in [0.15, 0.2) is 16.3 Å². The summed E-state index contributed by atoms with van der Waals surface area (Å²) in [5.74, 6) is 0. The van der Waals surface area contributed by atoms with Gasteiger partial charge in [-0.25, -0.2) is 8.42 Å². The first-order chi connectivity index (χ1) is 8.95. The van der Waals surface area contributed by atoms with Crippen molar-refractivity contribution in [1.82, 2.24) is 14.5 Å². The molecule has 1 aromatic rings. The number of hydrogen-bond donors (Lipinski definition) is 1. The Hall–Kier alpha value is -0.470. The fourth-order valence-electron chi connectivity index (χ4n) is 2.38. The summed E-state index contributed by atoms with van der Waals surface area (Å²) in [7, 11) is 0.539. The molecular weight excluding hydrogens is 282 g/mol. The molecule has 1 saturated heterocycles. The quantitative estimate of drug-likeness (QED) is 0.893. The van der Waals surface area contributed by atoms with Gasteiger partial charge in [-0.15, -0.1) is 11.3 Å². The van der Waals surface area contributed by atoms with Crippen molar-refractivity contribution in [2.75, 3.05) is 33.7 Å². The Balaban J connectivity index is 2.21. The van der Waals surface area contributed by atoms with E-state index in [1.165, 1.54) is 11.3 Å². The molecule has 0 amide bonds. The number of thiophene rings is 1. The summed E-state index contributed by atoms with van der Waals surface area (Å²) >= 11 is 1.49. The highest BCUT2D eigenvalue weighted by Crippen LogP contribution is 2.25. The number of likely N-dealkylation sites (N-methyl/N-ethyl adjacent to an activating group) is 1. The normalized spacial score (nSPS) is 22.8. The highest BCUT2D eigenvalue weighted by Gasteiger charge is 2.33.